The Morgan fingerprint density at radius 2 is 2.14 bits per heavy atom. The van der Waals surface area contributed by atoms with E-state index < -0.39 is 5.72 Å². The van der Waals surface area contributed by atoms with Crippen LogP contribution < -0.4 is 15.4 Å². The maximum atomic E-state index is 12.5. The van der Waals surface area contributed by atoms with Gasteiger partial charge in [-0.05, 0) is 19.1 Å². The van der Waals surface area contributed by atoms with E-state index in [1.165, 1.54) is 16.2 Å². The van der Waals surface area contributed by atoms with Crippen molar-refractivity contribution in [2.75, 3.05) is 18.4 Å². The minimum Gasteiger partial charge on any atom is -0.467 e. The lowest BCUT2D eigenvalue weighted by molar-refractivity contribution is -0.134. The maximum absolute atomic E-state index is 12.5. The van der Waals surface area contributed by atoms with E-state index in [2.05, 4.69) is 20.8 Å². The molecule has 3 heterocycles. The Hall–Kier alpha value is -3.01. The number of amides is 3. The molecule has 1 spiro atoms. The molecule has 4 rings (SSSR count). The molecule has 3 amide bonds. The monoisotopic (exact) mass is 401 g/mol. The van der Waals surface area contributed by atoms with Crippen molar-refractivity contribution >= 4 is 34.2 Å². The SMILES string of the molecule is Cc1nnc(NC(=O)CN2CC[C@]3(CCC2=O)NC(=O)c2ccccc2O3)s1. The van der Waals surface area contributed by atoms with Gasteiger partial charge in [-0.1, -0.05) is 23.5 Å². The molecule has 9 nitrogen and oxygen atoms in total. The van der Waals surface area contributed by atoms with Crippen LogP contribution in [0.1, 0.15) is 34.6 Å². The van der Waals surface area contributed by atoms with Crippen LogP contribution in [-0.2, 0) is 9.59 Å². The first-order valence-corrected chi connectivity index (χ1v) is 9.74. The number of hydrogen-bond donors (Lipinski definition) is 2. The lowest BCUT2D eigenvalue weighted by atomic mass is 10.0. The van der Waals surface area contributed by atoms with Gasteiger partial charge in [0, 0.05) is 25.8 Å². The van der Waals surface area contributed by atoms with E-state index in [1.54, 1.807) is 31.2 Å². The molecule has 2 aromatic rings. The molecule has 2 N–H and O–H groups in total. The molecule has 1 saturated heterocycles. The summed E-state index contributed by atoms with van der Waals surface area (Å²) in [6.45, 7) is 2.00. The molecule has 1 aromatic carbocycles. The number of nitrogens with zero attached hydrogens (tertiary/aromatic N) is 3. The first-order valence-electron chi connectivity index (χ1n) is 8.92. The zero-order chi connectivity index (χ0) is 19.7. The third-order valence-corrected chi connectivity index (χ3v) is 5.52. The second-order valence-corrected chi connectivity index (χ2v) is 7.97. The number of ether oxygens (including phenoxy) is 1. The van der Waals surface area contributed by atoms with E-state index in [-0.39, 0.29) is 30.7 Å². The zero-order valence-corrected chi connectivity index (χ0v) is 16.0. The van der Waals surface area contributed by atoms with E-state index >= 15 is 0 Å². The van der Waals surface area contributed by atoms with Crippen LogP contribution in [0.25, 0.3) is 0 Å². The van der Waals surface area contributed by atoms with Gasteiger partial charge in [0.05, 0.1) is 12.1 Å². The van der Waals surface area contributed by atoms with Crippen molar-refractivity contribution in [1.29, 1.82) is 0 Å². The van der Waals surface area contributed by atoms with E-state index in [9.17, 15) is 14.4 Å². The Kier molecular flexibility index (Phi) is 4.71. The van der Waals surface area contributed by atoms with Crippen LogP contribution in [-0.4, -0.2) is 51.6 Å². The average molecular weight is 401 g/mol. The highest BCUT2D eigenvalue weighted by atomic mass is 32.1. The van der Waals surface area contributed by atoms with Crippen molar-refractivity contribution < 1.29 is 19.1 Å². The van der Waals surface area contributed by atoms with Crippen molar-refractivity contribution in [3.63, 3.8) is 0 Å². The fraction of sp³-hybridized carbons (Fsp3) is 0.389. The van der Waals surface area contributed by atoms with Gasteiger partial charge in [0.2, 0.25) is 16.9 Å². The van der Waals surface area contributed by atoms with Gasteiger partial charge >= 0.3 is 0 Å². The molecule has 146 valence electrons. The highest BCUT2D eigenvalue weighted by Gasteiger charge is 2.42. The van der Waals surface area contributed by atoms with Gasteiger partial charge in [0.1, 0.15) is 10.8 Å². The number of benzene rings is 1. The standard InChI is InChI=1S/C18H19N5O4S/c1-11-21-22-17(28-11)19-14(24)10-23-9-8-18(7-6-15(23)25)20-16(26)12-4-2-3-5-13(12)27-18/h2-5H,6-10H2,1H3,(H,20,26)(H,19,22,24)/t18-/m1/s1. The molecule has 1 aromatic heterocycles. The van der Waals surface area contributed by atoms with Gasteiger partial charge in [0.25, 0.3) is 5.91 Å². The maximum Gasteiger partial charge on any atom is 0.258 e. The first kappa shape index (κ1) is 18.4. The van der Waals surface area contributed by atoms with Crippen molar-refractivity contribution in [1.82, 2.24) is 20.4 Å². The Labute approximate surface area is 165 Å². The number of nitrogens with one attached hydrogen (secondary N) is 2. The molecular formula is C18H19N5O4S. The van der Waals surface area contributed by atoms with Crippen LogP contribution >= 0.6 is 11.3 Å². The number of carbonyl (C=O) groups excluding carboxylic acids is 3. The number of likely N-dealkylation sites (tertiary alicyclic amines) is 1. The fourth-order valence-corrected chi connectivity index (χ4v) is 3.97. The number of aromatic nitrogens is 2. The van der Waals surface area contributed by atoms with Crippen LogP contribution in [0.15, 0.2) is 24.3 Å². The zero-order valence-electron chi connectivity index (χ0n) is 15.2. The van der Waals surface area contributed by atoms with Crippen LogP contribution in [0.3, 0.4) is 0 Å². The molecule has 1 fully saturated rings. The summed E-state index contributed by atoms with van der Waals surface area (Å²) in [6.07, 6.45) is 0.914. The third kappa shape index (κ3) is 3.68. The largest absolute Gasteiger partial charge is 0.467 e. The lowest BCUT2D eigenvalue weighted by Crippen LogP contribution is -2.56. The minimum atomic E-state index is -0.942. The van der Waals surface area contributed by atoms with Crippen molar-refractivity contribution in [3.8, 4) is 5.75 Å². The van der Waals surface area contributed by atoms with E-state index in [0.29, 0.717) is 35.8 Å². The molecule has 0 saturated carbocycles. The molecule has 28 heavy (non-hydrogen) atoms. The molecule has 0 radical (unpaired) electrons. The second kappa shape index (κ2) is 7.19. The first-order chi connectivity index (χ1) is 13.4. The Bertz CT molecular complexity index is 946. The average Bonchev–Trinajstić information content (AvgIpc) is 3.01. The molecule has 2 aliphatic rings. The number of carbonyl (C=O) groups is 3. The molecule has 10 heteroatoms. The topological polar surface area (TPSA) is 114 Å². The van der Waals surface area contributed by atoms with Crippen LogP contribution in [0.2, 0.25) is 0 Å². The highest BCUT2D eigenvalue weighted by molar-refractivity contribution is 7.15. The van der Waals surface area contributed by atoms with Crippen LogP contribution in [0.5, 0.6) is 5.75 Å². The number of anilines is 1. The van der Waals surface area contributed by atoms with Gasteiger partial charge in [-0.25, -0.2) is 0 Å². The minimum absolute atomic E-state index is 0.0852. The normalized spacial score (nSPS) is 21.5. The van der Waals surface area contributed by atoms with Crippen molar-refractivity contribution in [3.05, 3.63) is 34.8 Å². The summed E-state index contributed by atoms with van der Waals surface area (Å²) in [5.41, 5.74) is -0.463. The summed E-state index contributed by atoms with van der Waals surface area (Å²) in [5.74, 6) is -0.194. The fourth-order valence-electron chi connectivity index (χ4n) is 3.36. The number of rotatable bonds is 3. The molecule has 0 aliphatic carbocycles. The van der Waals surface area contributed by atoms with E-state index in [1.807, 2.05) is 0 Å². The third-order valence-electron chi connectivity index (χ3n) is 4.77. The summed E-state index contributed by atoms with van der Waals surface area (Å²) in [6, 6.07) is 7.03. The smallest absolute Gasteiger partial charge is 0.258 e. The van der Waals surface area contributed by atoms with Crippen LogP contribution in [0, 0.1) is 6.92 Å². The van der Waals surface area contributed by atoms with Gasteiger partial charge in [-0.3, -0.25) is 19.7 Å². The quantitative estimate of drug-likeness (QED) is 0.802. The number of para-hydroxylation sites is 1. The van der Waals surface area contributed by atoms with E-state index in [0.717, 1.165) is 5.01 Å². The summed E-state index contributed by atoms with van der Waals surface area (Å²) >= 11 is 1.27. The molecular weight excluding hydrogens is 382 g/mol. The number of aryl methyl sites for hydroxylation is 1. The predicted octanol–water partition coefficient (Wildman–Crippen LogP) is 1.32. The lowest BCUT2D eigenvalue weighted by Gasteiger charge is -2.38. The van der Waals surface area contributed by atoms with Gasteiger partial charge in [0.15, 0.2) is 5.72 Å². The van der Waals surface area contributed by atoms with Crippen molar-refractivity contribution in [2.45, 2.75) is 31.9 Å². The number of fused-ring (bicyclic) bond motifs is 1. The molecule has 2 aliphatic heterocycles. The summed E-state index contributed by atoms with van der Waals surface area (Å²) in [4.78, 5) is 38.7. The Morgan fingerprint density at radius 3 is 2.93 bits per heavy atom. The van der Waals surface area contributed by atoms with Gasteiger partial charge in [-0.15, -0.1) is 10.2 Å². The number of hydrogen-bond acceptors (Lipinski definition) is 7. The predicted molar refractivity (Wildman–Crippen MR) is 101 cm³/mol. The Balaban J connectivity index is 1.43. The Morgan fingerprint density at radius 1 is 1.32 bits per heavy atom. The second-order valence-electron chi connectivity index (χ2n) is 6.79. The van der Waals surface area contributed by atoms with Gasteiger partial charge < -0.3 is 15.0 Å². The van der Waals surface area contributed by atoms with Crippen LogP contribution in [0.4, 0.5) is 5.13 Å². The molecule has 0 unspecified atom stereocenters. The summed E-state index contributed by atoms with van der Waals surface area (Å²) < 4.78 is 6.08. The van der Waals surface area contributed by atoms with Gasteiger partial charge in [-0.2, -0.15) is 0 Å². The highest BCUT2D eigenvalue weighted by Crippen LogP contribution is 2.33. The summed E-state index contributed by atoms with van der Waals surface area (Å²) in [7, 11) is 0. The molecule has 1 atom stereocenters. The summed E-state index contributed by atoms with van der Waals surface area (Å²) in [5, 5.41) is 14.4. The van der Waals surface area contributed by atoms with E-state index in [4.69, 9.17) is 4.74 Å². The molecule has 0 bridgehead atoms. The van der Waals surface area contributed by atoms with Crippen molar-refractivity contribution in [2.24, 2.45) is 0 Å².